The van der Waals surface area contributed by atoms with Crippen molar-refractivity contribution in [2.75, 3.05) is 26.3 Å². The first-order chi connectivity index (χ1) is 22.2. The Morgan fingerprint density at radius 1 is 1.04 bits per heavy atom. The maximum atomic E-state index is 13.6. The van der Waals surface area contributed by atoms with E-state index in [9.17, 15) is 30.4 Å². The summed E-state index contributed by atoms with van der Waals surface area (Å²) in [6.07, 6.45) is 1.97. The van der Waals surface area contributed by atoms with Gasteiger partial charge in [-0.15, -0.1) is 0 Å². The van der Waals surface area contributed by atoms with Crippen LogP contribution in [0.1, 0.15) is 30.1 Å². The molecule has 2 heterocycles. The van der Waals surface area contributed by atoms with E-state index >= 15 is 0 Å². The van der Waals surface area contributed by atoms with Crippen LogP contribution in [-0.4, -0.2) is 71.1 Å². The topological polar surface area (TPSA) is 164 Å². The standard InChI is InChI=1S/C29H29Cl2F2N3O9S2/c30-22-13-35-14-23(31)21(22)12-25(18-6-7-24(45-29(32)33)26(10-18)43-16-17-4-5-17)44-28(37)27-15-36(8-9-42-27)47(40,41)20-3-1-2-19(11-20)46(34,38)39/h1-3,6-7,10-11,13-14,17,25,27,29H,4-5,8-9,12,15-16H2,(H2,34,38,39)/t25-,27-/m0/s1. The van der Waals surface area contributed by atoms with Gasteiger partial charge in [0, 0.05) is 25.4 Å². The van der Waals surface area contributed by atoms with E-state index in [1.54, 1.807) is 0 Å². The smallest absolute Gasteiger partial charge is 0.387 e. The number of primary sulfonamides is 1. The SMILES string of the molecule is NS(=O)(=O)c1cccc(S(=O)(=O)N2CCO[C@H](C(=O)O[C@@H](Cc3c(Cl)cncc3Cl)c3ccc(OC(F)F)c(OCC4CC4)c3)C2)c1. The Morgan fingerprint density at radius 3 is 2.40 bits per heavy atom. The van der Waals surface area contributed by atoms with Gasteiger partial charge in [0.2, 0.25) is 20.0 Å². The van der Waals surface area contributed by atoms with Crippen LogP contribution in [0.2, 0.25) is 10.0 Å². The van der Waals surface area contributed by atoms with Crippen LogP contribution in [0.25, 0.3) is 0 Å². The molecule has 18 heteroatoms. The highest BCUT2D eigenvalue weighted by atomic mass is 35.5. The first kappa shape index (κ1) is 35.2. The number of carbonyl (C=O) groups excluding carboxylic acids is 1. The van der Waals surface area contributed by atoms with Gasteiger partial charge < -0.3 is 18.9 Å². The number of nitrogens with two attached hydrogens (primary N) is 1. The summed E-state index contributed by atoms with van der Waals surface area (Å²) in [6, 6.07) is 8.62. The summed E-state index contributed by atoms with van der Waals surface area (Å²) >= 11 is 12.7. The fourth-order valence-electron chi connectivity index (χ4n) is 4.73. The number of esters is 1. The van der Waals surface area contributed by atoms with Gasteiger partial charge in [-0.2, -0.15) is 13.1 Å². The maximum Gasteiger partial charge on any atom is 0.387 e. The fourth-order valence-corrected chi connectivity index (χ4v) is 7.36. The van der Waals surface area contributed by atoms with Crippen molar-refractivity contribution in [3.05, 3.63) is 76.0 Å². The highest BCUT2D eigenvalue weighted by molar-refractivity contribution is 7.90. The molecule has 47 heavy (non-hydrogen) atoms. The van der Waals surface area contributed by atoms with E-state index < -0.39 is 56.3 Å². The number of nitrogens with zero attached hydrogens (tertiary/aromatic N) is 2. The summed E-state index contributed by atoms with van der Waals surface area (Å²) in [5.41, 5.74) is 0.688. The molecule has 2 N–H and O–H groups in total. The van der Waals surface area contributed by atoms with Crippen LogP contribution in [0.4, 0.5) is 8.78 Å². The highest BCUT2D eigenvalue weighted by Crippen LogP contribution is 2.38. The number of rotatable bonds is 13. The van der Waals surface area contributed by atoms with Gasteiger partial charge in [-0.25, -0.2) is 26.8 Å². The van der Waals surface area contributed by atoms with E-state index in [0.717, 1.165) is 29.3 Å². The number of hydrogen-bond donors (Lipinski definition) is 1. The van der Waals surface area contributed by atoms with Gasteiger partial charge in [-0.1, -0.05) is 35.3 Å². The minimum atomic E-state index is -4.29. The molecule has 0 bridgehead atoms. The van der Waals surface area contributed by atoms with E-state index in [1.807, 2.05) is 0 Å². The number of alkyl halides is 2. The van der Waals surface area contributed by atoms with Crippen molar-refractivity contribution < 1.29 is 49.4 Å². The number of benzene rings is 2. The molecule has 0 radical (unpaired) electrons. The maximum absolute atomic E-state index is 13.6. The van der Waals surface area contributed by atoms with E-state index in [-0.39, 0.29) is 58.5 Å². The number of hydrogen-bond acceptors (Lipinski definition) is 10. The summed E-state index contributed by atoms with van der Waals surface area (Å²) < 4.78 is 99.6. The summed E-state index contributed by atoms with van der Waals surface area (Å²) in [5, 5.41) is 5.51. The first-order valence-electron chi connectivity index (χ1n) is 14.2. The third-order valence-corrected chi connectivity index (χ3v) is 10.8. The second-order valence-corrected chi connectivity index (χ2v) is 15.1. The van der Waals surface area contributed by atoms with Crippen LogP contribution in [0.15, 0.2) is 64.6 Å². The normalized spacial score (nSPS) is 18.1. The van der Waals surface area contributed by atoms with Crippen molar-refractivity contribution >= 4 is 49.2 Å². The van der Waals surface area contributed by atoms with Crippen LogP contribution < -0.4 is 14.6 Å². The molecule has 3 aromatic rings. The van der Waals surface area contributed by atoms with Crippen molar-refractivity contribution in [2.45, 2.75) is 47.9 Å². The molecule has 0 unspecified atom stereocenters. The number of halogens is 4. The van der Waals surface area contributed by atoms with Crippen molar-refractivity contribution in [1.82, 2.24) is 9.29 Å². The molecular weight excluding hydrogens is 707 g/mol. The average molecular weight is 737 g/mol. The number of pyridine rings is 1. The third kappa shape index (κ3) is 8.87. The lowest BCUT2D eigenvalue weighted by Gasteiger charge is -2.32. The van der Waals surface area contributed by atoms with E-state index in [0.29, 0.717) is 11.1 Å². The van der Waals surface area contributed by atoms with E-state index in [1.165, 1.54) is 42.7 Å². The van der Waals surface area contributed by atoms with Crippen molar-refractivity contribution in [3.8, 4) is 11.5 Å². The van der Waals surface area contributed by atoms with Crippen LogP contribution in [0, 0.1) is 5.92 Å². The van der Waals surface area contributed by atoms with Crippen LogP contribution in [0.5, 0.6) is 11.5 Å². The first-order valence-corrected chi connectivity index (χ1v) is 17.9. The molecule has 1 aliphatic heterocycles. The molecular formula is C29H29Cl2F2N3O9S2. The van der Waals surface area contributed by atoms with Crippen LogP contribution in [-0.2, 0) is 40.7 Å². The van der Waals surface area contributed by atoms with E-state index in [2.05, 4.69) is 9.72 Å². The Balaban J connectivity index is 1.41. The molecule has 1 saturated carbocycles. The van der Waals surface area contributed by atoms with E-state index in [4.69, 9.17) is 42.6 Å². The van der Waals surface area contributed by atoms with Gasteiger partial charge in [0.05, 0.1) is 39.6 Å². The summed E-state index contributed by atoms with van der Waals surface area (Å²) in [5.74, 6) is -0.859. The predicted molar refractivity (Wildman–Crippen MR) is 164 cm³/mol. The lowest BCUT2D eigenvalue weighted by molar-refractivity contribution is -0.166. The quantitative estimate of drug-likeness (QED) is 0.250. The van der Waals surface area contributed by atoms with Gasteiger partial charge >= 0.3 is 12.6 Å². The number of carbonyl (C=O) groups is 1. The lowest BCUT2D eigenvalue weighted by Crippen LogP contribution is -2.49. The Bertz CT molecular complexity index is 1830. The predicted octanol–water partition coefficient (Wildman–Crippen LogP) is 4.34. The fraction of sp³-hybridized carbons (Fsp3) is 0.379. The molecule has 0 amide bonds. The van der Waals surface area contributed by atoms with Crippen LogP contribution >= 0.6 is 23.2 Å². The molecule has 2 aromatic carbocycles. The van der Waals surface area contributed by atoms with Crippen molar-refractivity contribution in [1.29, 1.82) is 0 Å². The minimum absolute atomic E-state index is 0.00980. The summed E-state index contributed by atoms with van der Waals surface area (Å²) in [4.78, 5) is 16.7. The summed E-state index contributed by atoms with van der Waals surface area (Å²) in [7, 11) is -8.48. The van der Waals surface area contributed by atoms with Crippen LogP contribution in [0.3, 0.4) is 0 Å². The molecule has 1 aliphatic carbocycles. The molecule has 0 spiro atoms. The monoisotopic (exact) mass is 735 g/mol. The zero-order valence-corrected chi connectivity index (χ0v) is 27.6. The molecule has 2 atom stereocenters. The van der Waals surface area contributed by atoms with Gasteiger partial charge in [-0.05, 0) is 60.2 Å². The number of morpholine rings is 1. The second-order valence-electron chi connectivity index (χ2n) is 10.8. The van der Waals surface area contributed by atoms with Crippen molar-refractivity contribution in [3.63, 3.8) is 0 Å². The Labute approximate surface area is 279 Å². The highest BCUT2D eigenvalue weighted by Gasteiger charge is 2.37. The second kappa shape index (κ2) is 14.6. The molecule has 2 fully saturated rings. The van der Waals surface area contributed by atoms with Gasteiger partial charge in [0.1, 0.15) is 6.10 Å². The lowest BCUT2D eigenvalue weighted by atomic mass is 10.0. The van der Waals surface area contributed by atoms with Gasteiger partial charge in [0.25, 0.3) is 0 Å². The zero-order valence-electron chi connectivity index (χ0n) is 24.4. The van der Waals surface area contributed by atoms with Gasteiger partial charge in [0.15, 0.2) is 17.6 Å². The number of ether oxygens (including phenoxy) is 4. The minimum Gasteiger partial charge on any atom is -0.489 e. The number of sulfonamides is 2. The Morgan fingerprint density at radius 2 is 1.74 bits per heavy atom. The van der Waals surface area contributed by atoms with Crippen molar-refractivity contribution in [2.24, 2.45) is 11.1 Å². The largest absolute Gasteiger partial charge is 0.489 e. The molecule has 12 nitrogen and oxygen atoms in total. The average Bonchev–Trinajstić information content (AvgIpc) is 3.86. The zero-order chi connectivity index (χ0) is 33.9. The third-order valence-electron chi connectivity index (χ3n) is 7.39. The molecule has 1 aromatic heterocycles. The summed E-state index contributed by atoms with van der Waals surface area (Å²) in [6.45, 7) is -3.61. The molecule has 5 rings (SSSR count). The van der Waals surface area contributed by atoms with Gasteiger partial charge in [-0.3, -0.25) is 4.98 Å². The number of aromatic nitrogens is 1. The Hall–Kier alpha value is -3.12. The Kier molecular flexibility index (Phi) is 10.9. The molecule has 254 valence electrons. The molecule has 2 aliphatic rings. The molecule has 1 saturated heterocycles.